The number of nitrogens with zero attached hydrogens (tertiary/aromatic N) is 1. The summed E-state index contributed by atoms with van der Waals surface area (Å²) in [5.41, 5.74) is 4.38. The molecule has 6 nitrogen and oxygen atoms in total. The highest BCUT2D eigenvalue weighted by atomic mass is 16.4. The Morgan fingerprint density at radius 1 is 1.03 bits per heavy atom. The molecule has 2 amide bonds. The Hall–Kier alpha value is -3.15. The number of carboxylic acid groups (broad SMARTS) is 1. The molecule has 1 unspecified atom stereocenters. The van der Waals surface area contributed by atoms with E-state index in [4.69, 9.17) is 0 Å². The number of anilines is 1. The van der Waals surface area contributed by atoms with Gasteiger partial charge in [0.1, 0.15) is 6.04 Å². The van der Waals surface area contributed by atoms with Crippen LogP contribution < -0.4 is 5.32 Å². The summed E-state index contributed by atoms with van der Waals surface area (Å²) in [5.74, 6) is -1.53. The van der Waals surface area contributed by atoms with Crippen molar-refractivity contribution in [2.24, 2.45) is 0 Å². The van der Waals surface area contributed by atoms with Crippen LogP contribution >= 0.6 is 0 Å². The molecule has 6 heteroatoms. The molecular formula is C23H26N2O4. The third kappa shape index (κ3) is 4.47. The SMILES string of the molecule is Cc1cc(C)c(C(=O)Nc2cccc(C(=O)N3CCCCC3C(=O)O)c2)c(C)c1. The lowest BCUT2D eigenvalue weighted by atomic mass is 9.99. The number of hydrogen-bond acceptors (Lipinski definition) is 3. The second-order valence-electron chi connectivity index (χ2n) is 7.66. The fraction of sp³-hybridized carbons (Fsp3) is 0.348. The topological polar surface area (TPSA) is 86.7 Å². The Morgan fingerprint density at radius 2 is 1.72 bits per heavy atom. The number of aryl methyl sites for hydroxylation is 3. The average Bonchev–Trinajstić information content (AvgIpc) is 2.66. The lowest BCUT2D eigenvalue weighted by Crippen LogP contribution is -2.48. The summed E-state index contributed by atoms with van der Waals surface area (Å²) in [6.07, 6.45) is 2.05. The first kappa shape index (κ1) is 20.6. The van der Waals surface area contributed by atoms with Crippen LogP contribution in [0.4, 0.5) is 5.69 Å². The lowest BCUT2D eigenvalue weighted by Gasteiger charge is -2.33. The van der Waals surface area contributed by atoms with Crippen molar-refractivity contribution in [3.05, 3.63) is 64.2 Å². The number of aliphatic carboxylic acids is 1. The van der Waals surface area contributed by atoms with Crippen molar-refractivity contribution in [1.82, 2.24) is 4.90 Å². The lowest BCUT2D eigenvalue weighted by molar-refractivity contribution is -0.143. The number of carboxylic acids is 1. The maximum absolute atomic E-state index is 12.9. The number of benzene rings is 2. The van der Waals surface area contributed by atoms with Crippen LogP contribution in [-0.2, 0) is 4.79 Å². The molecule has 0 aromatic heterocycles. The third-order valence-corrected chi connectivity index (χ3v) is 5.32. The first-order valence-corrected chi connectivity index (χ1v) is 9.81. The quantitative estimate of drug-likeness (QED) is 0.822. The smallest absolute Gasteiger partial charge is 0.326 e. The second kappa shape index (κ2) is 8.47. The molecule has 2 aromatic carbocycles. The summed E-state index contributed by atoms with van der Waals surface area (Å²) >= 11 is 0. The minimum absolute atomic E-state index is 0.231. The van der Waals surface area contributed by atoms with Crippen LogP contribution in [0, 0.1) is 20.8 Å². The largest absolute Gasteiger partial charge is 0.480 e. The van der Waals surface area contributed by atoms with E-state index in [1.807, 2.05) is 32.9 Å². The molecule has 0 bridgehead atoms. The summed E-state index contributed by atoms with van der Waals surface area (Å²) in [5, 5.41) is 12.3. The molecule has 0 aliphatic carbocycles. The Balaban J connectivity index is 1.82. The molecule has 1 fully saturated rings. The Morgan fingerprint density at radius 3 is 2.38 bits per heavy atom. The van der Waals surface area contributed by atoms with Gasteiger partial charge in [0, 0.05) is 23.4 Å². The number of nitrogens with one attached hydrogen (secondary N) is 1. The highest BCUT2D eigenvalue weighted by Gasteiger charge is 2.32. The fourth-order valence-corrected chi connectivity index (χ4v) is 4.06. The number of rotatable bonds is 4. The molecule has 29 heavy (non-hydrogen) atoms. The van der Waals surface area contributed by atoms with Crippen molar-refractivity contribution >= 4 is 23.5 Å². The minimum Gasteiger partial charge on any atom is -0.480 e. The van der Waals surface area contributed by atoms with Gasteiger partial charge in [-0.05, 0) is 69.4 Å². The van der Waals surface area contributed by atoms with E-state index in [0.29, 0.717) is 29.8 Å². The normalized spacial score (nSPS) is 16.4. The van der Waals surface area contributed by atoms with E-state index in [0.717, 1.165) is 29.5 Å². The number of amides is 2. The molecule has 2 N–H and O–H groups in total. The van der Waals surface area contributed by atoms with Gasteiger partial charge in [-0.3, -0.25) is 9.59 Å². The number of carbonyl (C=O) groups excluding carboxylic acids is 2. The van der Waals surface area contributed by atoms with E-state index in [-0.39, 0.29) is 11.8 Å². The predicted molar refractivity (Wildman–Crippen MR) is 111 cm³/mol. The van der Waals surface area contributed by atoms with Crippen LogP contribution in [0.5, 0.6) is 0 Å². The Labute approximate surface area is 170 Å². The molecule has 1 heterocycles. The zero-order valence-electron chi connectivity index (χ0n) is 17.0. The van der Waals surface area contributed by atoms with Crippen molar-refractivity contribution in [1.29, 1.82) is 0 Å². The average molecular weight is 394 g/mol. The van der Waals surface area contributed by atoms with E-state index in [1.54, 1.807) is 24.3 Å². The monoisotopic (exact) mass is 394 g/mol. The molecular weight excluding hydrogens is 368 g/mol. The number of likely N-dealkylation sites (tertiary alicyclic amines) is 1. The summed E-state index contributed by atoms with van der Waals surface area (Å²) in [6.45, 7) is 6.21. The first-order chi connectivity index (χ1) is 13.8. The maximum Gasteiger partial charge on any atom is 0.326 e. The highest BCUT2D eigenvalue weighted by Crippen LogP contribution is 2.22. The van der Waals surface area contributed by atoms with Gasteiger partial charge in [-0.15, -0.1) is 0 Å². The van der Waals surface area contributed by atoms with Crippen molar-refractivity contribution in [3.63, 3.8) is 0 Å². The van der Waals surface area contributed by atoms with Crippen LogP contribution in [0.25, 0.3) is 0 Å². The zero-order chi connectivity index (χ0) is 21.1. The number of hydrogen-bond donors (Lipinski definition) is 2. The summed E-state index contributed by atoms with van der Waals surface area (Å²) in [7, 11) is 0. The molecule has 1 atom stereocenters. The molecule has 0 radical (unpaired) electrons. The van der Waals surface area contributed by atoms with Crippen LogP contribution in [0.1, 0.15) is 56.7 Å². The molecule has 152 valence electrons. The van der Waals surface area contributed by atoms with Crippen molar-refractivity contribution < 1.29 is 19.5 Å². The van der Waals surface area contributed by atoms with Crippen LogP contribution in [0.3, 0.4) is 0 Å². The van der Waals surface area contributed by atoms with Gasteiger partial charge in [0.05, 0.1) is 0 Å². The van der Waals surface area contributed by atoms with E-state index in [9.17, 15) is 19.5 Å². The van der Waals surface area contributed by atoms with E-state index in [1.165, 1.54) is 4.90 Å². The Kier molecular flexibility index (Phi) is 6.01. The van der Waals surface area contributed by atoms with E-state index < -0.39 is 12.0 Å². The maximum atomic E-state index is 12.9. The van der Waals surface area contributed by atoms with Crippen LogP contribution in [-0.4, -0.2) is 40.4 Å². The van der Waals surface area contributed by atoms with Crippen molar-refractivity contribution in [2.75, 3.05) is 11.9 Å². The van der Waals surface area contributed by atoms with Crippen molar-refractivity contribution in [2.45, 2.75) is 46.1 Å². The predicted octanol–water partition coefficient (Wildman–Crippen LogP) is 3.94. The van der Waals surface area contributed by atoms with Crippen LogP contribution in [0.15, 0.2) is 36.4 Å². The van der Waals surface area contributed by atoms with Gasteiger partial charge in [-0.1, -0.05) is 23.8 Å². The summed E-state index contributed by atoms with van der Waals surface area (Å²) in [6, 6.07) is 9.79. The molecule has 0 spiro atoms. The van der Waals surface area contributed by atoms with Gasteiger partial charge in [0.25, 0.3) is 11.8 Å². The van der Waals surface area contributed by atoms with Gasteiger partial charge in [0.2, 0.25) is 0 Å². The van der Waals surface area contributed by atoms with E-state index in [2.05, 4.69) is 5.32 Å². The summed E-state index contributed by atoms with van der Waals surface area (Å²) in [4.78, 5) is 38.6. The van der Waals surface area contributed by atoms with Gasteiger partial charge < -0.3 is 15.3 Å². The third-order valence-electron chi connectivity index (χ3n) is 5.32. The molecule has 0 saturated carbocycles. The number of piperidine rings is 1. The highest BCUT2D eigenvalue weighted by molar-refractivity contribution is 6.07. The molecule has 2 aromatic rings. The van der Waals surface area contributed by atoms with Gasteiger partial charge >= 0.3 is 5.97 Å². The molecule has 1 saturated heterocycles. The standard InChI is InChI=1S/C23H26N2O4/c1-14-11-15(2)20(16(3)12-14)21(26)24-18-8-6-7-17(13-18)22(27)25-10-5-4-9-19(25)23(28)29/h6-8,11-13,19H,4-5,9-10H2,1-3H3,(H,24,26)(H,28,29). The molecule has 3 rings (SSSR count). The molecule has 1 aliphatic rings. The summed E-state index contributed by atoms with van der Waals surface area (Å²) < 4.78 is 0. The van der Waals surface area contributed by atoms with Crippen LogP contribution in [0.2, 0.25) is 0 Å². The van der Waals surface area contributed by atoms with Crippen molar-refractivity contribution in [3.8, 4) is 0 Å². The van der Waals surface area contributed by atoms with Gasteiger partial charge in [-0.2, -0.15) is 0 Å². The number of carbonyl (C=O) groups is 3. The zero-order valence-corrected chi connectivity index (χ0v) is 17.0. The Bertz CT molecular complexity index is 944. The van der Waals surface area contributed by atoms with Gasteiger partial charge in [-0.25, -0.2) is 4.79 Å². The second-order valence-corrected chi connectivity index (χ2v) is 7.66. The molecule has 1 aliphatic heterocycles. The minimum atomic E-state index is -0.979. The first-order valence-electron chi connectivity index (χ1n) is 9.81. The van der Waals surface area contributed by atoms with Gasteiger partial charge in [0.15, 0.2) is 0 Å². The fourth-order valence-electron chi connectivity index (χ4n) is 4.06. The van der Waals surface area contributed by atoms with E-state index >= 15 is 0 Å².